The lowest BCUT2D eigenvalue weighted by atomic mass is 9.51. The van der Waals surface area contributed by atoms with Crippen molar-refractivity contribution in [3.63, 3.8) is 0 Å². The third-order valence-corrected chi connectivity index (χ3v) is 3.44. The molecule has 0 N–H and O–H groups in total. The zero-order valence-electron chi connectivity index (χ0n) is 8.65. The minimum atomic E-state index is 0.634. The molecule has 66 valence electrons. The summed E-state index contributed by atoms with van der Waals surface area (Å²) < 4.78 is 0. The van der Waals surface area contributed by atoms with E-state index in [2.05, 4.69) is 34.6 Å². The van der Waals surface area contributed by atoms with Crippen molar-refractivity contribution in [3.05, 3.63) is 0 Å². The molecule has 1 saturated carbocycles. The molecule has 1 fully saturated rings. The van der Waals surface area contributed by atoms with E-state index < -0.39 is 0 Å². The van der Waals surface area contributed by atoms with Crippen LogP contribution in [0.25, 0.3) is 0 Å². The summed E-state index contributed by atoms with van der Waals surface area (Å²) in [7, 11) is 0. The van der Waals surface area contributed by atoms with Crippen LogP contribution in [0.4, 0.5) is 0 Å². The second kappa shape index (κ2) is 2.80. The second-order valence-corrected chi connectivity index (χ2v) is 5.13. The van der Waals surface area contributed by atoms with Gasteiger partial charge in [0.2, 0.25) is 0 Å². The average Bonchev–Trinajstić information content (AvgIpc) is 1.81. The predicted molar refractivity (Wildman–Crippen MR) is 50.5 cm³/mol. The van der Waals surface area contributed by atoms with Crippen molar-refractivity contribution < 1.29 is 0 Å². The van der Waals surface area contributed by atoms with E-state index in [1.165, 1.54) is 12.8 Å². The maximum atomic E-state index is 2.42. The summed E-state index contributed by atoms with van der Waals surface area (Å²) in [6.07, 6.45) is 2.83. The van der Waals surface area contributed by atoms with E-state index in [4.69, 9.17) is 0 Å². The normalized spacial score (nSPS) is 35.5. The van der Waals surface area contributed by atoms with Gasteiger partial charge in [-0.3, -0.25) is 0 Å². The van der Waals surface area contributed by atoms with Crippen LogP contribution >= 0.6 is 0 Å². The Morgan fingerprint density at radius 1 is 1.36 bits per heavy atom. The Hall–Kier alpha value is 0. The van der Waals surface area contributed by atoms with Crippen molar-refractivity contribution in [1.29, 1.82) is 0 Å². The molecule has 2 atom stereocenters. The first-order chi connectivity index (χ1) is 4.99. The molecule has 1 aliphatic rings. The first-order valence-corrected chi connectivity index (χ1v) is 4.99. The first kappa shape index (κ1) is 9.09. The van der Waals surface area contributed by atoms with Crippen molar-refractivity contribution in [2.75, 3.05) is 0 Å². The SMILES string of the molecule is CCC1CC(C)(C)C1C(C)C. The largest absolute Gasteiger partial charge is 0.0651 e. The molecule has 0 saturated heterocycles. The van der Waals surface area contributed by atoms with Gasteiger partial charge in [-0.05, 0) is 29.6 Å². The summed E-state index contributed by atoms with van der Waals surface area (Å²) in [5.41, 5.74) is 0.634. The minimum Gasteiger partial charge on any atom is -0.0651 e. The van der Waals surface area contributed by atoms with Crippen molar-refractivity contribution in [1.82, 2.24) is 0 Å². The Morgan fingerprint density at radius 2 is 1.91 bits per heavy atom. The maximum Gasteiger partial charge on any atom is -0.0311 e. The van der Waals surface area contributed by atoms with E-state index in [-0.39, 0.29) is 0 Å². The van der Waals surface area contributed by atoms with Gasteiger partial charge in [-0.2, -0.15) is 0 Å². The Morgan fingerprint density at radius 3 is 2.09 bits per heavy atom. The molecule has 0 heterocycles. The van der Waals surface area contributed by atoms with Crippen LogP contribution in [0.5, 0.6) is 0 Å². The van der Waals surface area contributed by atoms with Gasteiger partial charge in [0, 0.05) is 0 Å². The van der Waals surface area contributed by atoms with Gasteiger partial charge in [0.25, 0.3) is 0 Å². The first-order valence-electron chi connectivity index (χ1n) is 4.99. The summed E-state index contributed by atoms with van der Waals surface area (Å²) in [5.74, 6) is 2.88. The molecule has 0 bridgehead atoms. The van der Waals surface area contributed by atoms with Gasteiger partial charge in [-0.15, -0.1) is 0 Å². The van der Waals surface area contributed by atoms with Gasteiger partial charge in [-0.25, -0.2) is 0 Å². The molecule has 1 aliphatic carbocycles. The molecule has 0 radical (unpaired) electrons. The van der Waals surface area contributed by atoms with Crippen molar-refractivity contribution >= 4 is 0 Å². The second-order valence-electron chi connectivity index (χ2n) is 5.13. The monoisotopic (exact) mass is 154 g/mol. The third-order valence-electron chi connectivity index (χ3n) is 3.44. The van der Waals surface area contributed by atoms with Crippen LogP contribution in [0.3, 0.4) is 0 Å². The van der Waals surface area contributed by atoms with Crippen molar-refractivity contribution in [3.8, 4) is 0 Å². The number of hydrogen-bond acceptors (Lipinski definition) is 0. The van der Waals surface area contributed by atoms with Gasteiger partial charge in [-0.1, -0.05) is 41.0 Å². The Kier molecular flexibility index (Phi) is 2.32. The molecular formula is C11H22. The lowest BCUT2D eigenvalue weighted by Gasteiger charge is -2.54. The van der Waals surface area contributed by atoms with E-state index in [0.717, 1.165) is 17.8 Å². The molecular weight excluding hydrogens is 132 g/mol. The van der Waals surface area contributed by atoms with Gasteiger partial charge < -0.3 is 0 Å². The summed E-state index contributed by atoms with van der Waals surface area (Å²) in [5, 5.41) is 0. The van der Waals surface area contributed by atoms with Gasteiger partial charge in [0.05, 0.1) is 0 Å². The molecule has 0 spiro atoms. The fourth-order valence-electron chi connectivity index (χ4n) is 3.26. The van der Waals surface area contributed by atoms with Crippen LogP contribution < -0.4 is 0 Å². The zero-order chi connectivity index (χ0) is 8.65. The standard InChI is InChI=1S/C11H22/c1-6-9-7-11(4,5)10(9)8(2)3/h8-10H,6-7H2,1-5H3. The molecule has 1 rings (SSSR count). The highest BCUT2D eigenvalue weighted by Crippen LogP contribution is 2.55. The third kappa shape index (κ3) is 1.45. The highest BCUT2D eigenvalue weighted by Gasteiger charge is 2.47. The number of hydrogen-bond donors (Lipinski definition) is 0. The van der Waals surface area contributed by atoms with E-state index in [0.29, 0.717) is 5.41 Å². The molecule has 11 heavy (non-hydrogen) atoms. The Labute approximate surface area is 71.4 Å². The summed E-state index contributed by atoms with van der Waals surface area (Å²) in [6.45, 7) is 11.9. The van der Waals surface area contributed by atoms with E-state index in [1.54, 1.807) is 0 Å². The Bertz CT molecular complexity index is 133. The van der Waals surface area contributed by atoms with Crippen LogP contribution in [0, 0.1) is 23.2 Å². The lowest BCUT2D eigenvalue weighted by molar-refractivity contribution is -0.0454. The average molecular weight is 154 g/mol. The quantitative estimate of drug-likeness (QED) is 0.568. The molecule has 0 aromatic carbocycles. The van der Waals surface area contributed by atoms with Crippen LogP contribution in [-0.4, -0.2) is 0 Å². The molecule has 0 aliphatic heterocycles. The fraction of sp³-hybridized carbons (Fsp3) is 1.00. The fourth-order valence-corrected chi connectivity index (χ4v) is 3.26. The van der Waals surface area contributed by atoms with Gasteiger partial charge in [0.15, 0.2) is 0 Å². The van der Waals surface area contributed by atoms with Gasteiger partial charge >= 0.3 is 0 Å². The highest BCUT2D eigenvalue weighted by molar-refractivity contribution is 4.96. The Balaban J connectivity index is 2.57. The van der Waals surface area contributed by atoms with Crippen LogP contribution in [0.2, 0.25) is 0 Å². The summed E-state index contributed by atoms with van der Waals surface area (Å²) in [6, 6.07) is 0. The molecule has 0 aromatic heterocycles. The minimum absolute atomic E-state index is 0.634. The highest BCUT2D eigenvalue weighted by atomic mass is 14.5. The van der Waals surface area contributed by atoms with Crippen molar-refractivity contribution in [2.24, 2.45) is 23.2 Å². The van der Waals surface area contributed by atoms with Crippen LogP contribution in [-0.2, 0) is 0 Å². The van der Waals surface area contributed by atoms with E-state index in [1.807, 2.05) is 0 Å². The topological polar surface area (TPSA) is 0 Å². The smallest absolute Gasteiger partial charge is 0.0311 e. The lowest BCUT2D eigenvalue weighted by Crippen LogP contribution is -2.46. The molecule has 0 aromatic rings. The molecule has 0 heteroatoms. The van der Waals surface area contributed by atoms with E-state index in [9.17, 15) is 0 Å². The van der Waals surface area contributed by atoms with Crippen LogP contribution in [0.15, 0.2) is 0 Å². The summed E-state index contributed by atoms with van der Waals surface area (Å²) in [4.78, 5) is 0. The molecule has 0 amide bonds. The molecule has 2 unspecified atom stereocenters. The van der Waals surface area contributed by atoms with E-state index >= 15 is 0 Å². The molecule has 0 nitrogen and oxygen atoms in total. The predicted octanol–water partition coefficient (Wildman–Crippen LogP) is 3.71. The zero-order valence-corrected chi connectivity index (χ0v) is 8.65. The maximum absolute atomic E-state index is 2.42. The van der Waals surface area contributed by atoms with Crippen LogP contribution in [0.1, 0.15) is 47.5 Å². The van der Waals surface area contributed by atoms with Gasteiger partial charge in [0.1, 0.15) is 0 Å². The summed E-state index contributed by atoms with van der Waals surface area (Å²) >= 11 is 0. The number of rotatable bonds is 2. The van der Waals surface area contributed by atoms with Crippen molar-refractivity contribution in [2.45, 2.75) is 47.5 Å².